The second-order valence-corrected chi connectivity index (χ2v) is 5.27. The van der Waals surface area contributed by atoms with Crippen LogP contribution in [-0.2, 0) is 16.1 Å². The summed E-state index contributed by atoms with van der Waals surface area (Å²) >= 11 is 0. The van der Waals surface area contributed by atoms with E-state index in [0.29, 0.717) is 18.7 Å². The summed E-state index contributed by atoms with van der Waals surface area (Å²) < 4.78 is 4.67. The van der Waals surface area contributed by atoms with E-state index in [1.165, 1.54) is 7.11 Å². The topological polar surface area (TPSA) is 59.5 Å². The van der Waals surface area contributed by atoms with Gasteiger partial charge in [0.1, 0.15) is 0 Å². The third kappa shape index (κ3) is 4.92. The van der Waals surface area contributed by atoms with E-state index in [2.05, 4.69) is 9.72 Å². The van der Waals surface area contributed by atoms with Crippen molar-refractivity contribution in [2.75, 3.05) is 13.7 Å². The van der Waals surface area contributed by atoms with Crippen LogP contribution in [0.15, 0.2) is 48.8 Å². The number of nitrogens with zero attached hydrogens (tertiary/aromatic N) is 2. The highest BCUT2D eigenvalue weighted by atomic mass is 16.5. The highest BCUT2D eigenvalue weighted by molar-refractivity contribution is 5.94. The van der Waals surface area contributed by atoms with Gasteiger partial charge in [-0.05, 0) is 36.8 Å². The number of hydrogen-bond acceptors (Lipinski definition) is 4. The number of hydrogen-bond donors (Lipinski definition) is 0. The van der Waals surface area contributed by atoms with E-state index in [1.807, 2.05) is 31.2 Å². The molecule has 1 aromatic heterocycles. The molecular weight excluding hydrogens is 292 g/mol. The monoisotopic (exact) mass is 312 g/mol. The minimum absolute atomic E-state index is 0.106. The van der Waals surface area contributed by atoms with Gasteiger partial charge in [-0.15, -0.1) is 0 Å². The number of rotatable bonds is 6. The van der Waals surface area contributed by atoms with Crippen LogP contribution in [0.4, 0.5) is 0 Å². The summed E-state index contributed by atoms with van der Waals surface area (Å²) in [7, 11) is 1.34. The van der Waals surface area contributed by atoms with Crippen molar-refractivity contribution in [3.63, 3.8) is 0 Å². The van der Waals surface area contributed by atoms with E-state index >= 15 is 0 Å². The molecule has 0 radical (unpaired) electrons. The molecule has 1 heterocycles. The van der Waals surface area contributed by atoms with Crippen LogP contribution in [0.25, 0.3) is 0 Å². The number of ether oxygens (including phenoxy) is 1. The number of aromatic nitrogens is 1. The van der Waals surface area contributed by atoms with E-state index in [1.54, 1.807) is 29.4 Å². The summed E-state index contributed by atoms with van der Waals surface area (Å²) in [4.78, 5) is 29.7. The zero-order valence-corrected chi connectivity index (χ0v) is 13.4. The fraction of sp³-hybridized carbons (Fsp3) is 0.278. The van der Waals surface area contributed by atoms with Crippen LogP contribution in [0.2, 0.25) is 0 Å². The molecule has 2 rings (SSSR count). The fourth-order valence-corrected chi connectivity index (χ4v) is 2.17. The zero-order valence-electron chi connectivity index (χ0n) is 13.4. The minimum Gasteiger partial charge on any atom is -0.469 e. The van der Waals surface area contributed by atoms with Gasteiger partial charge in [0, 0.05) is 31.0 Å². The van der Waals surface area contributed by atoms with Gasteiger partial charge in [-0.1, -0.05) is 17.7 Å². The maximum Gasteiger partial charge on any atom is 0.307 e. The van der Waals surface area contributed by atoms with Gasteiger partial charge in [0.15, 0.2) is 0 Å². The van der Waals surface area contributed by atoms with Crippen LogP contribution in [0, 0.1) is 6.92 Å². The number of carbonyl (C=O) groups excluding carboxylic acids is 2. The lowest BCUT2D eigenvalue weighted by Crippen LogP contribution is -2.32. The Labute approximate surface area is 135 Å². The molecule has 120 valence electrons. The summed E-state index contributed by atoms with van der Waals surface area (Å²) in [5.74, 6) is -0.438. The number of amides is 1. The Morgan fingerprint density at radius 3 is 2.35 bits per heavy atom. The predicted octanol–water partition coefficient (Wildman–Crippen LogP) is 2.60. The Kier molecular flexibility index (Phi) is 5.86. The first kappa shape index (κ1) is 16.7. The molecule has 0 aliphatic carbocycles. The first-order valence-electron chi connectivity index (χ1n) is 7.42. The molecule has 23 heavy (non-hydrogen) atoms. The average molecular weight is 312 g/mol. The molecule has 0 bridgehead atoms. The first-order valence-corrected chi connectivity index (χ1v) is 7.42. The molecular formula is C18H20N2O3. The summed E-state index contributed by atoms with van der Waals surface area (Å²) in [6.45, 7) is 2.70. The summed E-state index contributed by atoms with van der Waals surface area (Å²) in [6.07, 6.45) is 3.54. The third-order valence-electron chi connectivity index (χ3n) is 3.52. The van der Waals surface area contributed by atoms with Gasteiger partial charge in [-0.25, -0.2) is 0 Å². The second-order valence-electron chi connectivity index (χ2n) is 5.27. The summed E-state index contributed by atoms with van der Waals surface area (Å²) in [5, 5.41) is 0. The molecule has 0 aliphatic rings. The van der Waals surface area contributed by atoms with Gasteiger partial charge in [0.25, 0.3) is 5.91 Å². The molecule has 5 heteroatoms. The molecule has 0 saturated carbocycles. The van der Waals surface area contributed by atoms with Crippen molar-refractivity contribution in [1.29, 1.82) is 0 Å². The van der Waals surface area contributed by atoms with E-state index in [9.17, 15) is 9.59 Å². The number of aryl methyl sites for hydroxylation is 1. The SMILES string of the molecule is COC(=O)CCN(Cc1ccncc1)C(=O)c1ccc(C)cc1. The van der Waals surface area contributed by atoms with Crippen molar-refractivity contribution in [3.05, 3.63) is 65.5 Å². The number of esters is 1. The second kappa shape index (κ2) is 8.08. The molecule has 2 aromatic rings. The van der Waals surface area contributed by atoms with Gasteiger partial charge in [0.05, 0.1) is 13.5 Å². The number of carbonyl (C=O) groups is 2. The quantitative estimate of drug-likeness (QED) is 0.769. The van der Waals surface area contributed by atoms with Gasteiger partial charge >= 0.3 is 5.97 Å². The summed E-state index contributed by atoms with van der Waals surface area (Å²) in [5.41, 5.74) is 2.66. The van der Waals surface area contributed by atoms with Crippen LogP contribution in [0.5, 0.6) is 0 Å². The predicted molar refractivity (Wildman–Crippen MR) is 86.8 cm³/mol. The van der Waals surface area contributed by atoms with Crippen molar-refractivity contribution in [3.8, 4) is 0 Å². The smallest absolute Gasteiger partial charge is 0.307 e. The van der Waals surface area contributed by atoms with Crippen molar-refractivity contribution in [2.24, 2.45) is 0 Å². The van der Waals surface area contributed by atoms with Gasteiger partial charge < -0.3 is 9.64 Å². The zero-order chi connectivity index (χ0) is 16.7. The Balaban J connectivity index is 2.15. The lowest BCUT2D eigenvalue weighted by atomic mass is 10.1. The highest BCUT2D eigenvalue weighted by Crippen LogP contribution is 2.12. The molecule has 1 aromatic carbocycles. The van der Waals surface area contributed by atoms with Crippen molar-refractivity contribution in [2.45, 2.75) is 19.9 Å². The van der Waals surface area contributed by atoms with Gasteiger partial charge in [-0.2, -0.15) is 0 Å². The lowest BCUT2D eigenvalue weighted by molar-refractivity contribution is -0.140. The Morgan fingerprint density at radius 1 is 1.09 bits per heavy atom. The molecule has 0 fully saturated rings. The molecule has 1 amide bonds. The minimum atomic E-state index is -0.332. The standard InChI is InChI=1S/C18H20N2O3/c1-14-3-5-16(6-4-14)18(22)20(12-9-17(21)23-2)13-15-7-10-19-11-8-15/h3-8,10-11H,9,12-13H2,1-2H3. The Morgan fingerprint density at radius 2 is 1.74 bits per heavy atom. The molecule has 0 spiro atoms. The lowest BCUT2D eigenvalue weighted by Gasteiger charge is -2.22. The maximum atomic E-state index is 12.7. The van der Waals surface area contributed by atoms with Crippen molar-refractivity contribution >= 4 is 11.9 Å². The number of methoxy groups -OCH3 is 1. The number of benzene rings is 1. The third-order valence-corrected chi connectivity index (χ3v) is 3.52. The van der Waals surface area contributed by atoms with Crippen LogP contribution in [0.1, 0.15) is 27.9 Å². The van der Waals surface area contributed by atoms with Crippen LogP contribution in [0.3, 0.4) is 0 Å². The highest BCUT2D eigenvalue weighted by Gasteiger charge is 2.17. The molecule has 0 aliphatic heterocycles. The van der Waals surface area contributed by atoms with Crippen LogP contribution in [-0.4, -0.2) is 35.4 Å². The van der Waals surface area contributed by atoms with E-state index in [-0.39, 0.29) is 18.3 Å². The molecule has 0 unspecified atom stereocenters. The Bertz CT molecular complexity index is 654. The molecule has 5 nitrogen and oxygen atoms in total. The van der Waals surface area contributed by atoms with E-state index in [4.69, 9.17) is 0 Å². The van der Waals surface area contributed by atoms with E-state index in [0.717, 1.165) is 11.1 Å². The maximum absolute atomic E-state index is 12.7. The largest absolute Gasteiger partial charge is 0.469 e. The average Bonchev–Trinajstić information content (AvgIpc) is 2.59. The van der Waals surface area contributed by atoms with E-state index < -0.39 is 0 Å². The van der Waals surface area contributed by atoms with Gasteiger partial charge in [0.2, 0.25) is 0 Å². The summed E-state index contributed by atoms with van der Waals surface area (Å²) in [6, 6.07) is 11.1. The molecule has 0 atom stereocenters. The fourth-order valence-electron chi connectivity index (χ4n) is 2.17. The van der Waals surface area contributed by atoms with Crippen molar-refractivity contribution < 1.29 is 14.3 Å². The first-order chi connectivity index (χ1) is 11.1. The van der Waals surface area contributed by atoms with Crippen LogP contribution >= 0.6 is 0 Å². The normalized spacial score (nSPS) is 10.2. The molecule has 0 N–H and O–H groups in total. The van der Waals surface area contributed by atoms with Crippen molar-refractivity contribution in [1.82, 2.24) is 9.88 Å². The molecule has 0 saturated heterocycles. The number of pyridine rings is 1. The van der Waals surface area contributed by atoms with Gasteiger partial charge in [-0.3, -0.25) is 14.6 Å². The Hall–Kier alpha value is -2.69. The van der Waals surface area contributed by atoms with Crippen LogP contribution < -0.4 is 0 Å².